The molecule has 0 bridgehead atoms. The molecule has 2 N–H and O–H groups in total. The van der Waals surface area contributed by atoms with Crippen molar-refractivity contribution in [3.63, 3.8) is 0 Å². The predicted octanol–water partition coefficient (Wildman–Crippen LogP) is 4.48. The van der Waals surface area contributed by atoms with E-state index in [1.54, 1.807) is 12.3 Å². The van der Waals surface area contributed by atoms with Crippen LogP contribution in [0.4, 0.5) is 9.18 Å². The second-order valence-corrected chi connectivity index (χ2v) is 12.0. The monoisotopic (exact) mass is 514 g/mol. The molecule has 0 radical (unpaired) electrons. The summed E-state index contributed by atoms with van der Waals surface area (Å²) in [6.07, 6.45) is 9.86. The Kier molecular flexibility index (Phi) is 6.87. The topological polar surface area (TPSA) is 96.4 Å². The summed E-state index contributed by atoms with van der Waals surface area (Å²) in [7, 11) is -0.797. The Balaban J connectivity index is 1.40. The molecule has 1 heterocycles. The summed E-state index contributed by atoms with van der Waals surface area (Å²) in [4.78, 5) is 15.7. The van der Waals surface area contributed by atoms with E-state index >= 15 is 0 Å². The number of rotatable bonds is 7. The highest BCUT2D eigenvalue weighted by Crippen LogP contribution is 2.52. The average molecular weight is 515 g/mol. The molecule has 192 valence electrons. The van der Waals surface area contributed by atoms with Gasteiger partial charge in [-0.2, -0.15) is 8.42 Å². The van der Waals surface area contributed by atoms with Crippen molar-refractivity contribution in [2.75, 3.05) is 7.05 Å². The molecular formula is C27H33FN3O4S+. The third kappa shape index (κ3) is 4.91. The normalized spacial score (nSPS) is 29.7. The maximum atomic E-state index is 13.6. The fraction of sp³-hybridized carbons (Fsp3) is 0.481. The maximum absolute atomic E-state index is 13.6. The van der Waals surface area contributed by atoms with Gasteiger partial charge >= 0.3 is 6.09 Å². The van der Waals surface area contributed by atoms with E-state index in [4.69, 9.17) is 0 Å². The molecule has 3 fully saturated rings. The van der Waals surface area contributed by atoms with Gasteiger partial charge in [-0.05, 0) is 60.9 Å². The Morgan fingerprint density at radius 1 is 1.14 bits per heavy atom. The third-order valence-corrected chi connectivity index (χ3v) is 9.92. The van der Waals surface area contributed by atoms with Gasteiger partial charge in [-0.3, -0.25) is 4.98 Å². The minimum absolute atomic E-state index is 0.0555. The molecule has 36 heavy (non-hydrogen) atoms. The fourth-order valence-electron chi connectivity index (χ4n) is 6.63. The summed E-state index contributed by atoms with van der Waals surface area (Å²) in [5.41, 5.74) is 2.36. The van der Waals surface area contributed by atoms with Crippen LogP contribution in [-0.2, 0) is 10.9 Å². The third-order valence-electron chi connectivity index (χ3n) is 8.59. The molecule has 6 atom stereocenters. The minimum Gasteiger partial charge on any atom is -0.465 e. The molecule has 1 aromatic carbocycles. The maximum Gasteiger partial charge on any atom is 0.404 e. The second-order valence-electron chi connectivity index (χ2n) is 10.7. The van der Waals surface area contributed by atoms with Gasteiger partial charge < -0.3 is 10.4 Å². The van der Waals surface area contributed by atoms with Crippen molar-refractivity contribution in [1.82, 2.24) is 10.3 Å². The summed E-state index contributed by atoms with van der Waals surface area (Å²) in [5.74, 6) is 0.379. The number of carboxylic acid groups (broad SMARTS) is 1. The Bertz CT molecular complexity index is 1220. The molecule has 3 aliphatic carbocycles. The van der Waals surface area contributed by atoms with Gasteiger partial charge in [-0.25, -0.2) is 13.1 Å². The van der Waals surface area contributed by atoms with Crippen LogP contribution < -0.4 is 5.32 Å². The van der Waals surface area contributed by atoms with Crippen LogP contribution in [0.3, 0.4) is 0 Å². The number of amides is 1. The van der Waals surface area contributed by atoms with Crippen molar-refractivity contribution in [2.45, 2.75) is 56.7 Å². The lowest BCUT2D eigenvalue weighted by Crippen LogP contribution is -2.54. The van der Waals surface area contributed by atoms with Crippen LogP contribution in [0.25, 0.3) is 17.2 Å². The molecule has 1 amide bonds. The number of fused-ring (bicyclic) bond motifs is 1. The molecule has 2 unspecified atom stereocenters. The standard InChI is InChI=1S/C27H32FN3O4S/c1-31(36(34)35,23-9-10-23)26-15-19-14-22(30-27(32)33)8-11-24(19)25(26)12-7-21-6-5-18(16-29-21)17-3-2-4-20(28)13-17/h2-7,12-13,16,19,22-26,30,36H,8-11,14-15H2,1H3/p+1/b12-7+/t19-,22?,24+,25-,26+,31?/m0/s1. The highest BCUT2D eigenvalue weighted by molar-refractivity contribution is 7.66. The van der Waals surface area contributed by atoms with Gasteiger partial charge in [-0.1, -0.05) is 24.3 Å². The van der Waals surface area contributed by atoms with Gasteiger partial charge in [0.1, 0.15) is 17.9 Å². The molecule has 3 saturated carbocycles. The Morgan fingerprint density at radius 2 is 1.94 bits per heavy atom. The number of benzene rings is 1. The van der Waals surface area contributed by atoms with Gasteiger partial charge in [0.15, 0.2) is 0 Å². The number of quaternary nitrogens is 1. The number of pyridine rings is 1. The largest absolute Gasteiger partial charge is 0.465 e. The van der Waals surface area contributed by atoms with E-state index in [-0.39, 0.29) is 39.7 Å². The van der Waals surface area contributed by atoms with Crippen LogP contribution in [0.2, 0.25) is 0 Å². The van der Waals surface area contributed by atoms with Gasteiger partial charge in [-0.15, -0.1) is 0 Å². The first-order valence-corrected chi connectivity index (χ1v) is 13.8. The van der Waals surface area contributed by atoms with Gasteiger partial charge in [0.2, 0.25) is 0 Å². The number of carbonyl (C=O) groups is 1. The number of aromatic nitrogens is 1. The summed E-state index contributed by atoms with van der Waals surface area (Å²) >= 11 is 0. The number of nitrogens with zero attached hydrogens (tertiary/aromatic N) is 2. The minimum atomic E-state index is -2.66. The molecule has 9 heteroatoms. The van der Waals surface area contributed by atoms with Gasteiger partial charge in [0.05, 0.1) is 12.7 Å². The molecule has 7 nitrogen and oxygen atoms in total. The molecular weight excluding hydrogens is 481 g/mol. The average Bonchev–Trinajstić information content (AvgIpc) is 3.64. The Morgan fingerprint density at radius 3 is 2.58 bits per heavy atom. The van der Waals surface area contributed by atoms with Crippen LogP contribution in [0.1, 0.15) is 44.2 Å². The highest BCUT2D eigenvalue weighted by atomic mass is 32.2. The Hall–Kier alpha value is -2.78. The lowest BCUT2D eigenvalue weighted by atomic mass is 9.75. The van der Waals surface area contributed by atoms with Crippen LogP contribution in [-0.4, -0.2) is 53.7 Å². The number of hydrogen-bond acceptors (Lipinski definition) is 4. The number of thiol groups is 1. The summed E-state index contributed by atoms with van der Waals surface area (Å²) in [6.45, 7) is 0. The summed E-state index contributed by atoms with van der Waals surface area (Å²) in [5, 5.41) is 11.8. The summed E-state index contributed by atoms with van der Waals surface area (Å²) in [6, 6.07) is 10.2. The van der Waals surface area contributed by atoms with E-state index in [1.165, 1.54) is 12.1 Å². The first kappa shape index (κ1) is 24.9. The highest BCUT2D eigenvalue weighted by Gasteiger charge is 2.58. The van der Waals surface area contributed by atoms with Gasteiger partial charge in [0.25, 0.3) is 10.9 Å². The van der Waals surface area contributed by atoms with Crippen LogP contribution in [0.15, 0.2) is 48.7 Å². The van der Waals surface area contributed by atoms with E-state index in [9.17, 15) is 22.7 Å². The van der Waals surface area contributed by atoms with Crippen molar-refractivity contribution in [3.8, 4) is 11.1 Å². The van der Waals surface area contributed by atoms with E-state index < -0.39 is 17.0 Å². The van der Waals surface area contributed by atoms with E-state index in [0.29, 0.717) is 5.92 Å². The quantitative estimate of drug-likeness (QED) is 0.374. The number of nitrogens with one attached hydrogen (secondary N) is 1. The van der Waals surface area contributed by atoms with Crippen molar-refractivity contribution in [1.29, 1.82) is 0 Å². The lowest BCUT2D eigenvalue weighted by molar-refractivity contribution is -0.823. The number of halogens is 1. The van der Waals surface area contributed by atoms with E-state index in [2.05, 4.69) is 16.4 Å². The lowest BCUT2D eigenvalue weighted by Gasteiger charge is -2.37. The van der Waals surface area contributed by atoms with Crippen molar-refractivity contribution in [3.05, 3.63) is 60.2 Å². The molecule has 5 rings (SSSR count). The SMILES string of the molecule is C[N+](C1CC1)([C@@H]1C[C@@H]2CC(NC(=O)O)CC[C@H]2[C@@H]1/C=C/c1ccc(-c2cccc(F)c2)cn1)[SH](=O)=O. The molecule has 2 aromatic rings. The Labute approximate surface area is 212 Å². The molecule has 0 spiro atoms. The van der Waals surface area contributed by atoms with Crippen molar-refractivity contribution < 1.29 is 26.6 Å². The first-order valence-electron chi connectivity index (χ1n) is 12.7. The predicted molar refractivity (Wildman–Crippen MR) is 136 cm³/mol. The summed E-state index contributed by atoms with van der Waals surface area (Å²) < 4.78 is 38.8. The van der Waals surface area contributed by atoms with Crippen molar-refractivity contribution >= 4 is 23.1 Å². The molecule has 0 saturated heterocycles. The zero-order chi connectivity index (χ0) is 25.4. The smallest absolute Gasteiger partial charge is 0.404 e. The zero-order valence-corrected chi connectivity index (χ0v) is 21.2. The molecule has 3 aliphatic rings. The van der Waals surface area contributed by atoms with Gasteiger partial charge in [0, 0.05) is 43.0 Å². The first-order chi connectivity index (χ1) is 17.3. The molecule has 0 aliphatic heterocycles. The zero-order valence-electron chi connectivity index (χ0n) is 20.3. The van der Waals surface area contributed by atoms with Crippen LogP contribution in [0, 0.1) is 23.6 Å². The van der Waals surface area contributed by atoms with E-state index in [1.807, 2.05) is 31.3 Å². The fourth-order valence-corrected chi connectivity index (χ4v) is 7.62. The number of hydrogen-bond donors (Lipinski definition) is 3. The van der Waals surface area contributed by atoms with Crippen LogP contribution >= 0.6 is 0 Å². The van der Waals surface area contributed by atoms with Crippen LogP contribution in [0.5, 0.6) is 0 Å². The molecule has 1 aromatic heterocycles. The van der Waals surface area contributed by atoms with Crippen molar-refractivity contribution in [2.24, 2.45) is 17.8 Å². The second kappa shape index (κ2) is 9.94. The van der Waals surface area contributed by atoms with E-state index in [0.717, 1.165) is 55.3 Å².